The molecule has 0 aromatic heterocycles. The quantitative estimate of drug-likeness (QED) is 0.835. The van der Waals surface area contributed by atoms with E-state index < -0.39 is 0 Å². The number of benzene rings is 1. The van der Waals surface area contributed by atoms with E-state index in [-0.39, 0.29) is 5.91 Å². The average Bonchev–Trinajstić information content (AvgIpc) is 2.45. The molecule has 1 atom stereocenters. The predicted octanol–water partition coefficient (Wildman–Crippen LogP) is 2.08. The van der Waals surface area contributed by atoms with Crippen molar-refractivity contribution in [1.29, 1.82) is 0 Å². The topological polar surface area (TPSA) is 41.1 Å². The summed E-state index contributed by atoms with van der Waals surface area (Å²) in [6.45, 7) is 2.85. The Morgan fingerprint density at radius 2 is 2.17 bits per heavy atom. The van der Waals surface area contributed by atoms with Gasteiger partial charge in [-0.1, -0.05) is 30.3 Å². The number of carbonyl (C=O) groups excluding carboxylic acids is 1. The van der Waals surface area contributed by atoms with E-state index in [1.165, 1.54) is 12.8 Å². The highest BCUT2D eigenvalue weighted by molar-refractivity contribution is 5.75. The lowest BCUT2D eigenvalue weighted by atomic mass is 9.94. The number of hydrogen-bond acceptors (Lipinski definition) is 2. The van der Waals surface area contributed by atoms with Crippen molar-refractivity contribution in [1.82, 2.24) is 10.6 Å². The summed E-state index contributed by atoms with van der Waals surface area (Å²) in [6, 6.07) is 10.0. The molecule has 1 aliphatic heterocycles. The van der Waals surface area contributed by atoms with E-state index in [9.17, 15) is 4.79 Å². The van der Waals surface area contributed by atoms with Crippen molar-refractivity contribution in [3.05, 3.63) is 35.9 Å². The zero-order chi connectivity index (χ0) is 12.6. The van der Waals surface area contributed by atoms with E-state index in [1.807, 2.05) is 30.3 Å². The second-order valence-electron chi connectivity index (χ2n) is 5.01. The van der Waals surface area contributed by atoms with Crippen molar-refractivity contribution >= 4 is 5.91 Å². The normalized spacial score (nSPS) is 19.4. The lowest BCUT2D eigenvalue weighted by Crippen LogP contribution is -2.31. The number of nitrogens with one attached hydrogen (secondary N) is 2. The molecular weight excluding hydrogens is 224 g/mol. The number of piperidine rings is 1. The molecule has 1 aliphatic rings. The SMILES string of the molecule is O=C(CCC1CCCNC1)NCc1ccccc1. The van der Waals surface area contributed by atoms with Crippen molar-refractivity contribution in [2.75, 3.05) is 13.1 Å². The number of hydrogen-bond donors (Lipinski definition) is 2. The fraction of sp³-hybridized carbons (Fsp3) is 0.533. The van der Waals surface area contributed by atoms with Crippen LogP contribution in [0.4, 0.5) is 0 Å². The zero-order valence-corrected chi connectivity index (χ0v) is 10.8. The molecule has 0 aliphatic carbocycles. The molecule has 0 spiro atoms. The van der Waals surface area contributed by atoms with Gasteiger partial charge in [-0.2, -0.15) is 0 Å². The van der Waals surface area contributed by atoms with Gasteiger partial charge in [0.05, 0.1) is 0 Å². The van der Waals surface area contributed by atoms with Gasteiger partial charge in [-0.15, -0.1) is 0 Å². The van der Waals surface area contributed by atoms with Crippen LogP contribution in [0.2, 0.25) is 0 Å². The molecule has 1 fully saturated rings. The summed E-state index contributed by atoms with van der Waals surface area (Å²) < 4.78 is 0. The minimum absolute atomic E-state index is 0.171. The summed E-state index contributed by atoms with van der Waals surface area (Å²) in [5.41, 5.74) is 1.16. The monoisotopic (exact) mass is 246 g/mol. The molecule has 1 amide bonds. The van der Waals surface area contributed by atoms with E-state index >= 15 is 0 Å². The van der Waals surface area contributed by atoms with Crippen molar-refractivity contribution in [2.24, 2.45) is 5.92 Å². The van der Waals surface area contributed by atoms with Gasteiger partial charge in [-0.3, -0.25) is 4.79 Å². The number of amides is 1. The summed E-state index contributed by atoms with van der Waals surface area (Å²) in [7, 11) is 0. The van der Waals surface area contributed by atoms with Crippen LogP contribution in [0.25, 0.3) is 0 Å². The Morgan fingerprint density at radius 3 is 2.89 bits per heavy atom. The first-order chi connectivity index (χ1) is 8.84. The fourth-order valence-electron chi connectivity index (χ4n) is 2.39. The lowest BCUT2D eigenvalue weighted by Gasteiger charge is -2.22. The van der Waals surface area contributed by atoms with Crippen molar-refractivity contribution < 1.29 is 4.79 Å². The van der Waals surface area contributed by atoms with Crippen LogP contribution in [0.15, 0.2) is 30.3 Å². The summed E-state index contributed by atoms with van der Waals surface area (Å²) in [5, 5.41) is 6.36. The highest BCUT2D eigenvalue weighted by Crippen LogP contribution is 2.15. The third kappa shape index (κ3) is 4.49. The maximum absolute atomic E-state index is 11.7. The van der Waals surface area contributed by atoms with Gasteiger partial charge in [0.2, 0.25) is 5.91 Å². The molecule has 1 unspecified atom stereocenters. The van der Waals surface area contributed by atoms with Gasteiger partial charge in [-0.05, 0) is 43.8 Å². The zero-order valence-electron chi connectivity index (χ0n) is 10.8. The summed E-state index contributed by atoms with van der Waals surface area (Å²) in [6.07, 6.45) is 4.17. The number of rotatable bonds is 5. The molecule has 1 aromatic rings. The summed E-state index contributed by atoms with van der Waals surface area (Å²) in [4.78, 5) is 11.7. The molecule has 18 heavy (non-hydrogen) atoms. The van der Waals surface area contributed by atoms with Crippen LogP contribution in [0.5, 0.6) is 0 Å². The largest absolute Gasteiger partial charge is 0.352 e. The molecular formula is C15H22N2O. The highest BCUT2D eigenvalue weighted by atomic mass is 16.1. The van der Waals surface area contributed by atoms with Gasteiger partial charge in [0.25, 0.3) is 0 Å². The van der Waals surface area contributed by atoms with Crippen molar-refractivity contribution in [2.45, 2.75) is 32.2 Å². The standard InChI is InChI=1S/C15H22N2O/c18-15(9-8-14-7-4-10-16-11-14)17-12-13-5-2-1-3-6-13/h1-3,5-6,14,16H,4,7-12H2,(H,17,18). The van der Waals surface area contributed by atoms with Crippen LogP contribution < -0.4 is 10.6 Å². The van der Waals surface area contributed by atoms with Crippen molar-refractivity contribution in [3.8, 4) is 0 Å². The van der Waals surface area contributed by atoms with Crippen LogP contribution in [-0.2, 0) is 11.3 Å². The average molecular weight is 246 g/mol. The molecule has 2 N–H and O–H groups in total. The van der Waals surface area contributed by atoms with E-state index in [0.717, 1.165) is 25.1 Å². The molecule has 0 saturated carbocycles. The summed E-state index contributed by atoms with van der Waals surface area (Å²) in [5.74, 6) is 0.852. The van der Waals surface area contributed by atoms with Gasteiger partial charge < -0.3 is 10.6 Å². The Labute approximate surface area is 109 Å². The van der Waals surface area contributed by atoms with E-state index in [4.69, 9.17) is 0 Å². The Balaban J connectivity index is 1.63. The minimum atomic E-state index is 0.171. The summed E-state index contributed by atoms with van der Waals surface area (Å²) >= 11 is 0. The fourth-order valence-corrected chi connectivity index (χ4v) is 2.39. The van der Waals surface area contributed by atoms with Crippen LogP contribution in [-0.4, -0.2) is 19.0 Å². The Hall–Kier alpha value is -1.35. The second kappa shape index (κ2) is 7.17. The van der Waals surface area contributed by atoms with Crippen LogP contribution in [0.1, 0.15) is 31.2 Å². The molecule has 0 radical (unpaired) electrons. The maximum atomic E-state index is 11.7. The lowest BCUT2D eigenvalue weighted by molar-refractivity contribution is -0.121. The number of carbonyl (C=O) groups is 1. The van der Waals surface area contributed by atoms with Gasteiger partial charge >= 0.3 is 0 Å². The minimum Gasteiger partial charge on any atom is -0.352 e. The van der Waals surface area contributed by atoms with E-state index in [2.05, 4.69) is 10.6 Å². The maximum Gasteiger partial charge on any atom is 0.220 e. The van der Waals surface area contributed by atoms with Crippen LogP contribution in [0, 0.1) is 5.92 Å². The van der Waals surface area contributed by atoms with E-state index in [1.54, 1.807) is 0 Å². The van der Waals surface area contributed by atoms with Gasteiger partial charge in [0.1, 0.15) is 0 Å². The second-order valence-corrected chi connectivity index (χ2v) is 5.01. The van der Waals surface area contributed by atoms with Crippen molar-refractivity contribution in [3.63, 3.8) is 0 Å². The third-order valence-electron chi connectivity index (χ3n) is 3.51. The highest BCUT2D eigenvalue weighted by Gasteiger charge is 2.14. The first-order valence-corrected chi connectivity index (χ1v) is 6.86. The molecule has 98 valence electrons. The smallest absolute Gasteiger partial charge is 0.220 e. The van der Waals surface area contributed by atoms with E-state index in [0.29, 0.717) is 18.9 Å². The van der Waals surface area contributed by atoms with Gasteiger partial charge in [0, 0.05) is 13.0 Å². The molecule has 1 saturated heterocycles. The molecule has 3 nitrogen and oxygen atoms in total. The first-order valence-electron chi connectivity index (χ1n) is 6.86. The molecule has 3 heteroatoms. The predicted molar refractivity (Wildman–Crippen MR) is 73.1 cm³/mol. The van der Waals surface area contributed by atoms with Gasteiger partial charge in [-0.25, -0.2) is 0 Å². The van der Waals surface area contributed by atoms with Crippen LogP contribution in [0.3, 0.4) is 0 Å². The Kier molecular flexibility index (Phi) is 5.21. The van der Waals surface area contributed by atoms with Gasteiger partial charge in [0.15, 0.2) is 0 Å². The van der Waals surface area contributed by atoms with Crippen LogP contribution >= 0.6 is 0 Å². The Morgan fingerprint density at radius 1 is 1.33 bits per heavy atom. The molecule has 1 heterocycles. The first kappa shape index (κ1) is 13.1. The Bertz CT molecular complexity index is 358. The molecule has 2 rings (SSSR count). The molecule has 1 aromatic carbocycles. The molecule has 0 bridgehead atoms. The third-order valence-corrected chi connectivity index (χ3v) is 3.51.